The summed E-state index contributed by atoms with van der Waals surface area (Å²) in [6.45, 7) is 0.198. The third-order valence-electron chi connectivity index (χ3n) is 3.71. The van der Waals surface area contributed by atoms with Crippen LogP contribution in [0, 0.1) is 0 Å². The van der Waals surface area contributed by atoms with Crippen molar-refractivity contribution in [2.45, 2.75) is 6.54 Å². The molecule has 0 bridgehead atoms. The number of ether oxygens (including phenoxy) is 2. The van der Waals surface area contributed by atoms with E-state index in [2.05, 4.69) is 4.98 Å². The molecule has 0 unspecified atom stereocenters. The molecular weight excluding hydrogens is 364 g/mol. The Bertz CT molecular complexity index is 901. The Hall–Kier alpha value is -2.51. The maximum atomic E-state index is 12.6. The fourth-order valence-corrected chi connectivity index (χ4v) is 3.52. The molecule has 0 atom stereocenters. The minimum Gasteiger partial charge on any atom is -0.454 e. The van der Waals surface area contributed by atoms with E-state index in [1.54, 1.807) is 36.5 Å². The van der Waals surface area contributed by atoms with Gasteiger partial charge in [-0.25, -0.2) is 0 Å². The number of hydrogen-bond acceptors (Lipinski definition) is 6. The summed E-state index contributed by atoms with van der Waals surface area (Å²) in [6, 6.07) is 8.68. The van der Waals surface area contributed by atoms with Crippen LogP contribution in [0.5, 0.6) is 11.5 Å². The van der Waals surface area contributed by atoms with Crippen molar-refractivity contribution < 1.29 is 19.1 Å². The van der Waals surface area contributed by atoms with Gasteiger partial charge in [-0.05, 0) is 41.6 Å². The number of nitrogens with zero attached hydrogens (tertiary/aromatic N) is 2. The average Bonchev–Trinajstić information content (AvgIpc) is 3.15. The third kappa shape index (κ3) is 3.08. The molecule has 1 fully saturated rings. The number of fused-ring (bicyclic) bond motifs is 1. The number of carbonyl (C=O) groups is 2. The molecule has 4 rings (SSSR count). The second-order valence-electron chi connectivity index (χ2n) is 5.32. The van der Waals surface area contributed by atoms with Crippen LogP contribution in [0.2, 0.25) is 5.02 Å². The minimum absolute atomic E-state index is 0.0691. The van der Waals surface area contributed by atoms with E-state index in [0.29, 0.717) is 32.7 Å². The first-order valence-corrected chi connectivity index (χ1v) is 8.56. The summed E-state index contributed by atoms with van der Waals surface area (Å²) < 4.78 is 10.6. The predicted octanol–water partition coefficient (Wildman–Crippen LogP) is 3.70. The maximum absolute atomic E-state index is 12.6. The summed E-state index contributed by atoms with van der Waals surface area (Å²) in [5.41, 5.74) is 1.24. The molecular formula is C17H11ClN2O4S. The molecule has 6 nitrogen and oxygen atoms in total. The molecule has 0 N–H and O–H groups in total. The number of aromatic nitrogens is 1. The van der Waals surface area contributed by atoms with Crippen molar-refractivity contribution in [2.24, 2.45) is 0 Å². The van der Waals surface area contributed by atoms with Crippen molar-refractivity contribution in [3.63, 3.8) is 0 Å². The van der Waals surface area contributed by atoms with E-state index >= 15 is 0 Å². The van der Waals surface area contributed by atoms with Crippen LogP contribution in [0.4, 0.5) is 4.79 Å². The average molecular weight is 375 g/mol. The van der Waals surface area contributed by atoms with Crippen molar-refractivity contribution in [1.82, 2.24) is 9.88 Å². The van der Waals surface area contributed by atoms with Crippen LogP contribution in [0.15, 0.2) is 41.4 Å². The molecule has 2 aromatic rings. The highest BCUT2D eigenvalue weighted by molar-refractivity contribution is 8.18. The normalized spacial score (nSPS) is 17.6. The number of benzene rings is 1. The van der Waals surface area contributed by atoms with E-state index in [4.69, 9.17) is 21.1 Å². The zero-order valence-electron chi connectivity index (χ0n) is 12.8. The molecule has 126 valence electrons. The standard InChI is InChI=1S/C17H11ClN2O4S/c18-12-7-14-13(23-9-24-14)5-10(12)8-20-16(21)15(25-17(20)22)6-11-3-1-2-4-19-11/h1-7H,8-9H2/b15-6-. The topological polar surface area (TPSA) is 68.7 Å². The number of halogens is 1. The monoisotopic (exact) mass is 374 g/mol. The largest absolute Gasteiger partial charge is 0.454 e. The van der Waals surface area contributed by atoms with Crippen LogP contribution >= 0.6 is 23.4 Å². The van der Waals surface area contributed by atoms with Gasteiger partial charge < -0.3 is 9.47 Å². The Morgan fingerprint density at radius 2 is 2.04 bits per heavy atom. The van der Waals surface area contributed by atoms with Gasteiger partial charge in [0.15, 0.2) is 11.5 Å². The smallest absolute Gasteiger partial charge is 0.293 e. The molecule has 0 saturated carbocycles. The lowest BCUT2D eigenvalue weighted by molar-refractivity contribution is -0.123. The van der Waals surface area contributed by atoms with E-state index in [0.717, 1.165) is 16.7 Å². The van der Waals surface area contributed by atoms with Crippen LogP contribution < -0.4 is 9.47 Å². The van der Waals surface area contributed by atoms with Crippen molar-refractivity contribution in [3.05, 3.63) is 57.7 Å². The third-order valence-corrected chi connectivity index (χ3v) is 4.97. The van der Waals surface area contributed by atoms with Crippen molar-refractivity contribution in [2.75, 3.05) is 6.79 Å². The van der Waals surface area contributed by atoms with E-state index in [1.165, 1.54) is 0 Å². The highest BCUT2D eigenvalue weighted by Crippen LogP contribution is 2.39. The molecule has 25 heavy (non-hydrogen) atoms. The van der Waals surface area contributed by atoms with E-state index in [-0.39, 0.29) is 24.5 Å². The molecule has 2 aliphatic heterocycles. The summed E-state index contributed by atoms with van der Waals surface area (Å²) in [5, 5.41) is 0.0675. The van der Waals surface area contributed by atoms with E-state index in [1.807, 2.05) is 6.07 Å². The fraction of sp³-hybridized carbons (Fsp3) is 0.118. The fourth-order valence-electron chi connectivity index (χ4n) is 2.48. The van der Waals surface area contributed by atoms with Crippen LogP contribution in [0.3, 0.4) is 0 Å². The van der Waals surface area contributed by atoms with Crippen LogP contribution in [0.1, 0.15) is 11.3 Å². The first kappa shape index (κ1) is 16.0. The molecule has 0 aliphatic carbocycles. The molecule has 3 heterocycles. The molecule has 2 amide bonds. The molecule has 2 aliphatic rings. The van der Waals surface area contributed by atoms with Gasteiger partial charge in [0.25, 0.3) is 11.1 Å². The highest BCUT2D eigenvalue weighted by Gasteiger charge is 2.35. The van der Waals surface area contributed by atoms with E-state index in [9.17, 15) is 9.59 Å². The number of amides is 2. The molecule has 0 spiro atoms. The summed E-state index contributed by atoms with van der Waals surface area (Å²) in [7, 11) is 0. The quantitative estimate of drug-likeness (QED) is 0.763. The lowest BCUT2D eigenvalue weighted by atomic mass is 10.2. The van der Waals surface area contributed by atoms with Gasteiger partial charge in [0.2, 0.25) is 6.79 Å². The van der Waals surface area contributed by atoms with Gasteiger partial charge in [-0.1, -0.05) is 17.7 Å². The zero-order valence-corrected chi connectivity index (χ0v) is 14.3. The Balaban J connectivity index is 1.59. The highest BCUT2D eigenvalue weighted by atomic mass is 35.5. The van der Waals surface area contributed by atoms with Crippen molar-refractivity contribution in [3.8, 4) is 11.5 Å². The lowest BCUT2D eigenvalue weighted by Gasteiger charge is -2.14. The second-order valence-corrected chi connectivity index (χ2v) is 6.72. The van der Waals surface area contributed by atoms with Gasteiger partial charge in [0.1, 0.15) is 0 Å². The summed E-state index contributed by atoms with van der Waals surface area (Å²) in [4.78, 5) is 30.4. The number of pyridine rings is 1. The number of imide groups is 1. The molecule has 8 heteroatoms. The van der Waals surface area contributed by atoms with Gasteiger partial charge in [-0.15, -0.1) is 0 Å². The van der Waals surface area contributed by atoms with Gasteiger partial charge in [-0.2, -0.15) is 0 Å². The van der Waals surface area contributed by atoms with Gasteiger partial charge in [0, 0.05) is 17.3 Å². The Labute approximate surface area is 152 Å². The molecule has 0 radical (unpaired) electrons. The van der Waals surface area contributed by atoms with Crippen LogP contribution in [-0.4, -0.2) is 27.8 Å². The van der Waals surface area contributed by atoms with Crippen LogP contribution in [-0.2, 0) is 11.3 Å². The second kappa shape index (κ2) is 6.42. The maximum Gasteiger partial charge on any atom is 0.293 e. The number of thioether (sulfide) groups is 1. The first-order valence-electron chi connectivity index (χ1n) is 7.36. The minimum atomic E-state index is -0.366. The Kier molecular flexibility index (Phi) is 4.10. The summed E-state index contributed by atoms with van der Waals surface area (Å²) >= 11 is 7.12. The SMILES string of the molecule is O=C1S/C(=C\c2ccccn2)C(=O)N1Cc1cc2c(cc1Cl)OCO2. The Morgan fingerprint density at radius 3 is 2.80 bits per heavy atom. The first-order chi connectivity index (χ1) is 12.1. The van der Waals surface area contributed by atoms with Gasteiger partial charge >= 0.3 is 0 Å². The Morgan fingerprint density at radius 1 is 1.24 bits per heavy atom. The molecule has 1 saturated heterocycles. The predicted molar refractivity (Wildman–Crippen MR) is 93.3 cm³/mol. The number of rotatable bonds is 3. The summed E-state index contributed by atoms with van der Waals surface area (Å²) in [5.74, 6) is 0.739. The van der Waals surface area contributed by atoms with Crippen LogP contribution in [0.25, 0.3) is 6.08 Å². The molecule has 1 aromatic heterocycles. The van der Waals surface area contributed by atoms with Crippen molar-refractivity contribution >= 4 is 40.6 Å². The zero-order chi connectivity index (χ0) is 17.4. The van der Waals surface area contributed by atoms with Crippen molar-refractivity contribution in [1.29, 1.82) is 0 Å². The number of carbonyl (C=O) groups excluding carboxylic acids is 2. The molecule has 1 aromatic carbocycles. The summed E-state index contributed by atoms with van der Waals surface area (Å²) in [6.07, 6.45) is 3.23. The van der Waals surface area contributed by atoms with E-state index < -0.39 is 0 Å². The van der Waals surface area contributed by atoms with Gasteiger partial charge in [0.05, 0.1) is 17.1 Å². The lowest BCUT2D eigenvalue weighted by Crippen LogP contribution is -2.27. The number of hydrogen-bond donors (Lipinski definition) is 0. The van der Waals surface area contributed by atoms with Gasteiger partial charge in [-0.3, -0.25) is 19.5 Å².